The predicted molar refractivity (Wildman–Crippen MR) is 108 cm³/mol. The zero-order valence-electron chi connectivity index (χ0n) is 16.3. The van der Waals surface area contributed by atoms with E-state index < -0.39 is 6.04 Å². The van der Waals surface area contributed by atoms with E-state index in [0.29, 0.717) is 30.9 Å². The van der Waals surface area contributed by atoms with Gasteiger partial charge < -0.3 is 15.1 Å². The van der Waals surface area contributed by atoms with E-state index in [1.54, 1.807) is 35.4 Å². The van der Waals surface area contributed by atoms with Gasteiger partial charge in [0.25, 0.3) is 5.91 Å². The lowest BCUT2D eigenvalue weighted by Gasteiger charge is -2.27. The average Bonchev–Trinajstić information content (AvgIpc) is 3.09. The van der Waals surface area contributed by atoms with Gasteiger partial charge in [0.1, 0.15) is 17.7 Å². The number of carbonyl (C=O) groups excluding carboxylic acids is 2. The largest absolute Gasteiger partial charge is 0.358 e. The second-order valence-corrected chi connectivity index (χ2v) is 7.62. The zero-order valence-corrected chi connectivity index (χ0v) is 16.3. The van der Waals surface area contributed by atoms with E-state index in [1.165, 1.54) is 12.1 Å². The molecule has 1 aromatic heterocycles. The molecule has 6 nitrogen and oxygen atoms in total. The lowest BCUT2D eigenvalue weighted by Crippen LogP contribution is -2.37. The van der Waals surface area contributed by atoms with E-state index in [2.05, 4.69) is 10.3 Å². The Bertz CT molecular complexity index is 881. The first-order chi connectivity index (χ1) is 14.1. The topological polar surface area (TPSA) is 65.5 Å². The molecule has 2 amide bonds. The van der Waals surface area contributed by atoms with Crippen molar-refractivity contribution in [3.63, 3.8) is 0 Å². The van der Waals surface area contributed by atoms with E-state index in [1.807, 2.05) is 4.90 Å². The van der Waals surface area contributed by atoms with Gasteiger partial charge in [-0.25, -0.2) is 9.37 Å². The van der Waals surface area contributed by atoms with Gasteiger partial charge in [-0.1, -0.05) is 12.1 Å². The fourth-order valence-electron chi connectivity index (χ4n) is 3.97. The van der Waals surface area contributed by atoms with E-state index in [0.717, 1.165) is 37.9 Å². The summed E-state index contributed by atoms with van der Waals surface area (Å²) < 4.78 is 13.1. The fraction of sp³-hybridized carbons (Fsp3) is 0.409. The molecule has 2 aromatic rings. The molecule has 0 aliphatic carbocycles. The number of nitrogens with one attached hydrogen (secondary N) is 1. The Hall–Kier alpha value is -2.96. The number of amides is 2. The first-order valence-corrected chi connectivity index (χ1v) is 10.2. The number of nitrogens with zero attached hydrogens (tertiary/aromatic N) is 3. The highest BCUT2D eigenvalue weighted by atomic mass is 19.1. The Balaban J connectivity index is 1.43. The maximum Gasteiger partial charge on any atom is 0.257 e. The van der Waals surface area contributed by atoms with Crippen LogP contribution in [0.2, 0.25) is 0 Å². The molecule has 4 rings (SSSR count). The van der Waals surface area contributed by atoms with Crippen LogP contribution in [-0.2, 0) is 11.3 Å². The summed E-state index contributed by atoms with van der Waals surface area (Å²) in [4.78, 5) is 33.7. The lowest BCUT2D eigenvalue weighted by atomic mass is 10.1. The number of carbonyl (C=O) groups is 2. The van der Waals surface area contributed by atoms with Crippen molar-refractivity contribution in [2.75, 3.05) is 25.0 Å². The molecule has 0 radical (unpaired) electrons. The Morgan fingerprint density at radius 1 is 1.10 bits per heavy atom. The van der Waals surface area contributed by atoms with Gasteiger partial charge in [-0.3, -0.25) is 9.59 Å². The first-order valence-electron chi connectivity index (χ1n) is 10.2. The van der Waals surface area contributed by atoms with Crippen LogP contribution in [-0.4, -0.2) is 52.3 Å². The smallest absolute Gasteiger partial charge is 0.257 e. The van der Waals surface area contributed by atoms with Crippen LogP contribution in [0.5, 0.6) is 0 Å². The van der Waals surface area contributed by atoms with Crippen molar-refractivity contribution < 1.29 is 14.0 Å². The lowest BCUT2D eigenvalue weighted by molar-refractivity contribution is -0.128. The van der Waals surface area contributed by atoms with Gasteiger partial charge in [-0.2, -0.15) is 0 Å². The highest BCUT2D eigenvalue weighted by Crippen LogP contribution is 2.22. The van der Waals surface area contributed by atoms with Gasteiger partial charge in [-0.15, -0.1) is 0 Å². The normalized spacial score (nSPS) is 19.5. The Morgan fingerprint density at radius 2 is 1.86 bits per heavy atom. The van der Waals surface area contributed by atoms with Crippen molar-refractivity contribution in [1.82, 2.24) is 14.8 Å². The van der Waals surface area contributed by atoms with E-state index in [-0.39, 0.29) is 17.6 Å². The third-order valence-corrected chi connectivity index (χ3v) is 5.58. The number of aromatic nitrogens is 1. The minimum absolute atomic E-state index is 0.0312. The molecule has 2 fully saturated rings. The van der Waals surface area contributed by atoms with Crippen molar-refractivity contribution in [3.05, 3.63) is 59.5 Å². The molecule has 2 saturated heterocycles. The van der Waals surface area contributed by atoms with Gasteiger partial charge in [0, 0.05) is 32.4 Å². The molecule has 152 valence electrons. The second-order valence-electron chi connectivity index (χ2n) is 7.62. The van der Waals surface area contributed by atoms with Crippen LogP contribution in [0.3, 0.4) is 0 Å². The fourth-order valence-corrected chi connectivity index (χ4v) is 3.97. The molecule has 1 N–H and O–H groups in total. The number of anilines is 1. The number of hydrogen-bond acceptors (Lipinski definition) is 4. The number of benzene rings is 1. The van der Waals surface area contributed by atoms with Crippen molar-refractivity contribution >= 4 is 17.6 Å². The van der Waals surface area contributed by atoms with Gasteiger partial charge in [0.05, 0.1) is 5.56 Å². The Morgan fingerprint density at radius 3 is 2.62 bits per heavy atom. The number of piperidine rings is 1. The molecule has 0 spiro atoms. The van der Waals surface area contributed by atoms with Gasteiger partial charge in [0.2, 0.25) is 5.91 Å². The van der Waals surface area contributed by atoms with Crippen LogP contribution in [0.25, 0.3) is 0 Å². The standard InChI is InChI=1S/C22H25FN4O2/c23-17-8-6-16(7-9-17)15-27-14-10-19(22(27)29)25-20-18(5-4-11-24-20)21(28)26-12-2-1-3-13-26/h4-9,11,19H,1-3,10,12-15H2,(H,24,25). The van der Waals surface area contributed by atoms with E-state index >= 15 is 0 Å². The number of halogens is 1. The van der Waals surface area contributed by atoms with Crippen LogP contribution in [0.1, 0.15) is 41.6 Å². The highest BCUT2D eigenvalue weighted by Gasteiger charge is 2.33. The van der Waals surface area contributed by atoms with Crippen molar-refractivity contribution in [2.45, 2.75) is 38.3 Å². The summed E-state index contributed by atoms with van der Waals surface area (Å²) in [5, 5.41) is 3.19. The minimum Gasteiger partial charge on any atom is -0.358 e. The first kappa shape index (κ1) is 19.4. The van der Waals surface area contributed by atoms with Crippen molar-refractivity contribution in [1.29, 1.82) is 0 Å². The summed E-state index contributed by atoms with van der Waals surface area (Å²) in [7, 11) is 0. The number of hydrogen-bond donors (Lipinski definition) is 1. The monoisotopic (exact) mass is 396 g/mol. The number of rotatable bonds is 5. The van der Waals surface area contributed by atoms with Gasteiger partial charge in [0.15, 0.2) is 0 Å². The molecule has 7 heteroatoms. The molecular formula is C22H25FN4O2. The third-order valence-electron chi connectivity index (χ3n) is 5.58. The summed E-state index contributed by atoms with van der Waals surface area (Å²) in [5.74, 6) is 0.109. The molecule has 29 heavy (non-hydrogen) atoms. The van der Waals surface area contributed by atoms with E-state index in [9.17, 15) is 14.0 Å². The van der Waals surface area contributed by atoms with Crippen LogP contribution >= 0.6 is 0 Å². The van der Waals surface area contributed by atoms with Gasteiger partial charge in [-0.05, 0) is 55.5 Å². The van der Waals surface area contributed by atoms with Gasteiger partial charge >= 0.3 is 0 Å². The second kappa shape index (κ2) is 8.59. The van der Waals surface area contributed by atoms with Crippen LogP contribution in [0.15, 0.2) is 42.6 Å². The summed E-state index contributed by atoms with van der Waals surface area (Å²) in [5.41, 5.74) is 1.40. The van der Waals surface area contributed by atoms with Crippen molar-refractivity contribution in [2.24, 2.45) is 0 Å². The molecule has 1 aromatic carbocycles. The summed E-state index contributed by atoms with van der Waals surface area (Å²) in [6, 6.07) is 9.28. The van der Waals surface area contributed by atoms with Crippen molar-refractivity contribution in [3.8, 4) is 0 Å². The summed E-state index contributed by atoms with van der Waals surface area (Å²) in [6.45, 7) is 2.58. The molecule has 1 atom stereocenters. The predicted octanol–water partition coefficient (Wildman–Crippen LogP) is 3.06. The number of likely N-dealkylation sites (tertiary alicyclic amines) is 2. The molecular weight excluding hydrogens is 371 g/mol. The molecule has 2 aliphatic heterocycles. The SMILES string of the molecule is O=C(c1cccnc1NC1CCN(Cc2ccc(F)cc2)C1=O)N1CCCCC1. The average molecular weight is 396 g/mol. The van der Waals surface area contributed by atoms with Crippen LogP contribution in [0.4, 0.5) is 10.2 Å². The van der Waals surface area contributed by atoms with E-state index in [4.69, 9.17) is 0 Å². The molecule has 1 unspecified atom stereocenters. The zero-order chi connectivity index (χ0) is 20.2. The minimum atomic E-state index is -0.418. The third kappa shape index (κ3) is 4.39. The molecule has 0 bridgehead atoms. The Labute approximate surface area is 169 Å². The highest BCUT2D eigenvalue weighted by molar-refractivity contribution is 5.99. The molecule has 3 heterocycles. The van der Waals surface area contributed by atoms with Crippen LogP contribution < -0.4 is 5.32 Å². The summed E-state index contributed by atoms with van der Waals surface area (Å²) >= 11 is 0. The molecule has 0 saturated carbocycles. The maximum atomic E-state index is 13.1. The Kier molecular flexibility index (Phi) is 5.74. The van der Waals surface area contributed by atoms with Crippen LogP contribution in [0, 0.1) is 5.82 Å². The summed E-state index contributed by atoms with van der Waals surface area (Å²) in [6.07, 6.45) is 5.46. The molecule has 2 aliphatic rings. The number of pyridine rings is 1. The maximum absolute atomic E-state index is 13.1. The quantitative estimate of drug-likeness (QED) is 0.844.